The average molecular weight is 529 g/mol. The highest BCUT2D eigenvalue weighted by Crippen LogP contribution is 2.71. The minimum atomic E-state index is -0.323. The van der Waals surface area contributed by atoms with Gasteiger partial charge in [0.1, 0.15) is 6.42 Å². The van der Waals surface area contributed by atoms with Gasteiger partial charge >= 0.3 is 0 Å². The summed E-state index contributed by atoms with van der Waals surface area (Å²) >= 11 is 0. The van der Waals surface area contributed by atoms with Crippen molar-refractivity contribution in [3.63, 3.8) is 0 Å². The molecule has 12 atom stereocenters. The monoisotopic (exact) mass is 528 g/mol. The van der Waals surface area contributed by atoms with Gasteiger partial charge in [-0.25, -0.2) is 0 Å². The van der Waals surface area contributed by atoms with Crippen molar-refractivity contribution < 1.29 is 19.1 Å². The molecule has 38 heavy (non-hydrogen) atoms. The van der Waals surface area contributed by atoms with Crippen LogP contribution in [0, 0.1) is 52.3 Å². The van der Waals surface area contributed by atoms with E-state index in [4.69, 9.17) is 9.47 Å². The van der Waals surface area contributed by atoms with E-state index < -0.39 is 0 Å². The Hall–Kier alpha value is -1.14. The van der Waals surface area contributed by atoms with Crippen molar-refractivity contribution >= 4 is 11.8 Å². The number of carbonyl (C=O) groups is 2. The zero-order chi connectivity index (χ0) is 27.0. The number of hydrogen-bond donors (Lipinski definition) is 1. The van der Waals surface area contributed by atoms with E-state index in [9.17, 15) is 9.59 Å². The second-order valence-corrected chi connectivity index (χ2v) is 15.2. The third kappa shape index (κ3) is 4.09. The number of ether oxygens (including phenoxy) is 2. The highest BCUT2D eigenvalue weighted by atomic mass is 16.7. The lowest BCUT2D eigenvalue weighted by Crippen LogP contribution is -2.56. The van der Waals surface area contributed by atoms with Crippen LogP contribution in [0.4, 0.5) is 0 Å². The lowest BCUT2D eigenvalue weighted by Gasteiger charge is -2.61. The molecule has 6 fully saturated rings. The normalized spacial score (nSPS) is 51.5. The van der Waals surface area contributed by atoms with Crippen LogP contribution in [0.2, 0.25) is 0 Å². The van der Waals surface area contributed by atoms with Gasteiger partial charge in [-0.2, -0.15) is 0 Å². The van der Waals surface area contributed by atoms with E-state index in [1.165, 1.54) is 49.8 Å². The van der Waals surface area contributed by atoms with Crippen LogP contribution in [0.1, 0.15) is 98.3 Å². The SMILES string of the molecule is C[C@@H]1CC[C@@]2(OC1)O[C@H]1C[C@H]3[C@@H]4CC[C@@H]5CC(NC(=O)CC(=O)N(C)C)CC[C@]5(C)[C@H]4CC[C@]3(C)[C@H]1[C@@H]2C. The summed E-state index contributed by atoms with van der Waals surface area (Å²) in [5, 5.41) is 3.22. The maximum absolute atomic E-state index is 12.5. The molecular formula is C32H52N2O4. The zero-order valence-corrected chi connectivity index (χ0v) is 24.8. The second-order valence-electron chi connectivity index (χ2n) is 15.2. The summed E-state index contributed by atoms with van der Waals surface area (Å²) in [7, 11) is 3.42. The number of nitrogens with one attached hydrogen (secondary N) is 1. The fourth-order valence-electron chi connectivity index (χ4n) is 11.0. The van der Waals surface area contributed by atoms with E-state index in [2.05, 4.69) is 33.0 Å². The van der Waals surface area contributed by atoms with E-state index in [1.54, 1.807) is 14.1 Å². The van der Waals surface area contributed by atoms with Crippen LogP contribution in [0.15, 0.2) is 0 Å². The van der Waals surface area contributed by atoms with Gasteiger partial charge in [0.15, 0.2) is 5.79 Å². The number of hydrogen-bond acceptors (Lipinski definition) is 4. The predicted octanol–water partition coefficient (Wildman–Crippen LogP) is 5.40. The molecule has 6 aliphatic rings. The zero-order valence-electron chi connectivity index (χ0n) is 24.8. The first-order chi connectivity index (χ1) is 18.0. The molecule has 6 nitrogen and oxygen atoms in total. The van der Waals surface area contributed by atoms with Gasteiger partial charge in [0.2, 0.25) is 11.8 Å². The van der Waals surface area contributed by atoms with Crippen LogP contribution in [-0.4, -0.2) is 55.3 Å². The number of carbonyl (C=O) groups excluding carboxylic acids is 2. The molecule has 1 unspecified atom stereocenters. The topological polar surface area (TPSA) is 67.9 Å². The van der Waals surface area contributed by atoms with Gasteiger partial charge in [0, 0.05) is 32.5 Å². The molecule has 0 bridgehead atoms. The molecule has 0 aromatic carbocycles. The summed E-state index contributed by atoms with van der Waals surface area (Å²) in [5.74, 6) is 4.25. The van der Waals surface area contributed by atoms with Crippen molar-refractivity contribution in [1.82, 2.24) is 10.2 Å². The molecule has 0 radical (unpaired) electrons. The third-order valence-electron chi connectivity index (χ3n) is 13.1. The Kier molecular flexibility index (Phi) is 6.74. The molecule has 2 aliphatic heterocycles. The summed E-state index contributed by atoms with van der Waals surface area (Å²) in [5.41, 5.74) is 0.744. The highest BCUT2D eigenvalue weighted by Gasteiger charge is 2.69. The largest absolute Gasteiger partial charge is 0.353 e. The van der Waals surface area contributed by atoms with Crippen LogP contribution < -0.4 is 5.32 Å². The Balaban J connectivity index is 1.12. The van der Waals surface area contributed by atoms with Gasteiger partial charge in [-0.1, -0.05) is 27.7 Å². The fourth-order valence-corrected chi connectivity index (χ4v) is 11.0. The van der Waals surface area contributed by atoms with Crippen molar-refractivity contribution in [3.8, 4) is 0 Å². The molecule has 0 aromatic rings. The lowest BCUT2D eigenvalue weighted by molar-refractivity contribution is -0.273. The molecule has 2 heterocycles. The van der Waals surface area contributed by atoms with Crippen molar-refractivity contribution in [2.75, 3.05) is 20.7 Å². The summed E-state index contributed by atoms with van der Waals surface area (Å²) in [6, 6.07) is 0.218. The third-order valence-corrected chi connectivity index (χ3v) is 13.1. The predicted molar refractivity (Wildman–Crippen MR) is 147 cm³/mol. The number of amides is 2. The summed E-state index contributed by atoms with van der Waals surface area (Å²) in [6.07, 6.45) is 12.5. The van der Waals surface area contributed by atoms with Gasteiger partial charge in [-0.3, -0.25) is 9.59 Å². The van der Waals surface area contributed by atoms with Crippen LogP contribution >= 0.6 is 0 Å². The first kappa shape index (κ1) is 27.1. The number of nitrogens with zero attached hydrogens (tertiary/aromatic N) is 1. The molecule has 214 valence electrons. The fraction of sp³-hybridized carbons (Fsp3) is 0.938. The lowest BCUT2D eigenvalue weighted by atomic mass is 9.44. The Bertz CT molecular complexity index is 944. The molecule has 6 heteroatoms. The molecule has 1 N–H and O–H groups in total. The van der Waals surface area contributed by atoms with Crippen molar-refractivity contribution in [2.24, 2.45) is 52.3 Å². The van der Waals surface area contributed by atoms with E-state index >= 15 is 0 Å². The van der Waals surface area contributed by atoms with Gasteiger partial charge < -0.3 is 19.7 Å². The van der Waals surface area contributed by atoms with E-state index in [0.29, 0.717) is 40.6 Å². The summed E-state index contributed by atoms with van der Waals surface area (Å²) in [4.78, 5) is 26.0. The Morgan fingerprint density at radius 3 is 2.39 bits per heavy atom. The van der Waals surface area contributed by atoms with Gasteiger partial charge in [0.05, 0.1) is 12.7 Å². The molecule has 1 spiro atoms. The van der Waals surface area contributed by atoms with Crippen molar-refractivity contribution in [2.45, 2.75) is 116 Å². The molecule has 2 saturated heterocycles. The molecule has 4 aliphatic carbocycles. The van der Waals surface area contributed by atoms with Crippen LogP contribution in [0.5, 0.6) is 0 Å². The first-order valence-electron chi connectivity index (χ1n) is 15.8. The summed E-state index contributed by atoms with van der Waals surface area (Å²) in [6.45, 7) is 10.8. The number of rotatable bonds is 3. The van der Waals surface area contributed by atoms with Crippen LogP contribution in [-0.2, 0) is 19.1 Å². The molecule has 0 aromatic heterocycles. The Labute approximate surface area is 230 Å². The number of fused-ring (bicyclic) bond motifs is 7. The van der Waals surface area contributed by atoms with Crippen LogP contribution in [0.3, 0.4) is 0 Å². The minimum Gasteiger partial charge on any atom is -0.353 e. The molecule has 4 saturated carbocycles. The van der Waals surface area contributed by atoms with Gasteiger partial charge in [-0.15, -0.1) is 0 Å². The van der Waals surface area contributed by atoms with Crippen LogP contribution in [0.25, 0.3) is 0 Å². The van der Waals surface area contributed by atoms with Crippen molar-refractivity contribution in [1.29, 1.82) is 0 Å². The molecule has 2 amide bonds. The first-order valence-corrected chi connectivity index (χ1v) is 15.8. The molecule has 6 rings (SSSR count). The van der Waals surface area contributed by atoms with Gasteiger partial charge in [-0.05, 0) is 104 Å². The minimum absolute atomic E-state index is 0.0371. The standard InChI is InChI=1S/C32H52N2O4/c1-19-9-14-32(37-18-19)20(2)29-26(38-32)16-25-23-8-7-21-15-22(33-27(35)17-28(36)34(5)6)10-12-30(21,3)24(23)11-13-31(25,29)4/h19-26,29H,7-18H2,1-6H3,(H,33,35)/t19-,20+,21-,22?,23-,24+,25+,26+,29+,30+,31+,32-/m1/s1. The van der Waals surface area contributed by atoms with Gasteiger partial charge in [0.25, 0.3) is 0 Å². The Morgan fingerprint density at radius 1 is 0.921 bits per heavy atom. The van der Waals surface area contributed by atoms with E-state index in [1.807, 2.05) is 0 Å². The van der Waals surface area contributed by atoms with Crippen molar-refractivity contribution in [3.05, 3.63) is 0 Å². The summed E-state index contributed by atoms with van der Waals surface area (Å²) < 4.78 is 13.4. The second kappa shape index (κ2) is 9.46. The Morgan fingerprint density at radius 2 is 1.68 bits per heavy atom. The highest BCUT2D eigenvalue weighted by molar-refractivity contribution is 5.96. The van der Waals surface area contributed by atoms with E-state index in [-0.39, 0.29) is 30.1 Å². The van der Waals surface area contributed by atoms with E-state index in [0.717, 1.165) is 43.6 Å². The quantitative estimate of drug-likeness (QED) is 0.499. The maximum atomic E-state index is 12.5. The smallest absolute Gasteiger partial charge is 0.231 e. The molecular weight excluding hydrogens is 476 g/mol. The maximum Gasteiger partial charge on any atom is 0.231 e. The average Bonchev–Trinajstić information content (AvgIpc) is 3.31.